The zero-order chi connectivity index (χ0) is 26.9. The fourth-order valence-corrected chi connectivity index (χ4v) is 2.25. The molecule has 0 atom stereocenters. The molecule has 0 spiro atoms. The third kappa shape index (κ3) is 8.15. The van der Waals surface area contributed by atoms with Gasteiger partial charge < -0.3 is 21.3 Å². The number of carbonyl (C=O) groups is 4. The van der Waals surface area contributed by atoms with Gasteiger partial charge in [-0.05, 0) is 12.1 Å². The van der Waals surface area contributed by atoms with Gasteiger partial charge in [0.15, 0.2) is 0 Å². The van der Waals surface area contributed by atoms with Gasteiger partial charge >= 0.3 is 0 Å². The van der Waals surface area contributed by atoms with Crippen LogP contribution in [0.4, 0.5) is 22.7 Å². The molecule has 8 heteroatoms. The molecule has 1 rings (SSSR count). The van der Waals surface area contributed by atoms with E-state index in [4.69, 9.17) is 0 Å². The molecule has 0 aromatic heterocycles. The van der Waals surface area contributed by atoms with Gasteiger partial charge in [0, 0.05) is 21.7 Å². The van der Waals surface area contributed by atoms with Gasteiger partial charge in [-0.2, -0.15) is 0 Å². The summed E-state index contributed by atoms with van der Waals surface area (Å²) in [7, 11) is 0. The fourth-order valence-electron chi connectivity index (χ4n) is 2.25. The van der Waals surface area contributed by atoms with E-state index in [1.807, 2.05) is 0 Å². The van der Waals surface area contributed by atoms with Crippen molar-refractivity contribution < 1.29 is 19.2 Å². The lowest BCUT2D eigenvalue weighted by molar-refractivity contribution is -0.124. The van der Waals surface area contributed by atoms with Crippen LogP contribution in [0.1, 0.15) is 83.1 Å². The molecule has 0 aliphatic heterocycles. The molecule has 0 fully saturated rings. The first-order valence-corrected chi connectivity index (χ1v) is 11.5. The zero-order valence-corrected chi connectivity index (χ0v) is 22.8. The van der Waals surface area contributed by atoms with E-state index in [-0.39, 0.29) is 23.6 Å². The maximum atomic E-state index is 12.8. The molecular formula is C26H42N4O4. The van der Waals surface area contributed by atoms with Crippen molar-refractivity contribution in [1.82, 2.24) is 0 Å². The molecule has 0 bridgehead atoms. The smallest absolute Gasteiger partial charge is 0.229 e. The minimum absolute atomic E-state index is 0.265. The predicted octanol–water partition coefficient (Wildman–Crippen LogP) is 5.63. The topological polar surface area (TPSA) is 116 Å². The Morgan fingerprint density at radius 2 is 0.559 bits per heavy atom. The highest BCUT2D eigenvalue weighted by Gasteiger charge is 2.29. The van der Waals surface area contributed by atoms with Gasteiger partial charge in [0.2, 0.25) is 23.6 Å². The SMILES string of the molecule is CC(C)(C)C(=O)Nc1cc(NC(=O)C(C)(C)C)c(NC(=O)C(C)(C)C)cc1NC(=O)C(C)(C)C. The van der Waals surface area contributed by atoms with Crippen LogP contribution in [0.3, 0.4) is 0 Å². The van der Waals surface area contributed by atoms with Crippen molar-refractivity contribution in [1.29, 1.82) is 0 Å². The molecule has 0 radical (unpaired) electrons. The van der Waals surface area contributed by atoms with Crippen molar-refractivity contribution in [2.45, 2.75) is 83.1 Å². The Morgan fingerprint density at radius 3 is 0.676 bits per heavy atom. The second kappa shape index (κ2) is 9.76. The van der Waals surface area contributed by atoms with E-state index in [2.05, 4.69) is 21.3 Å². The van der Waals surface area contributed by atoms with Gasteiger partial charge in [0.05, 0.1) is 22.7 Å². The molecule has 8 nitrogen and oxygen atoms in total. The summed E-state index contributed by atoms with van der Waals surface area (Å²) >= 11 is 0. The Morgan fingerprint density at radius 1 is 0.412 bits per heavy atom. The Hall–Kier alpha value is -2.90. The second-order valence-corrected chi connectivity index (χ2v) is 12.8. The zero-order valence-electron chi connectivity index (χ0n) is 22.8. The minimum Gasteiger partial charge on any atom is -0.324 e. The van der Waals surface area contributed by atoms with Gasteiger partial charge in [0.25, 0.3) is 0 Å². The van der Waals surface area contributed by atoms with E-state index in [1.165, 1.54) is 0 Å². The largest absolute Gasteiger partial charge is 0.324 e. The Labute approximate surface area is 204 Å². The summed E-state index contributed by atoms with van der Waals surface area (Å²) in [5, 5.41) is 11.4. The average Bonchev–Trinajstić information content (AvgIpc) is 2.61. The maximum absolute atomic E-state index is 12.8. The molecule has 4 N–H and O–H groups in total. The van der Waals surface area contributed by atoms with Crippen LogP contribution < -0.4 is 21.3 Å². The van der Waals surface area contributed by atoms with Crippen molar-refractivity contribution >= 4 is 46.4 Å². The van der Waals surface area contributed by atoms with E-state index >= 15 is 0 Å². The summed E-state index contributed by atoms with van der Waals surface area (Å²) in [6.45, 7) is 21.3. The van der Waals surface area contributed by atoms with Crippen LogP contribution in [0.2, 0.25) is 0 Å². The van der Waals surface area contributed by atoms with Gasteiger partial charge in [-0.3, -0.25) is 19.2 Å². The first kappa shape index (κ1) is 29.1. The van der Waals surface area contributed by atoms with E-state index < -0.39 is 21.7 Å². The first-order valence-electron chi connectivity index (χ1n) is 11.5. The average molecular weight is 475 g/mol. The van der Waals surface area contributed by atoms with E-state index in [0.717, 1.165) is 0 Å². The van der Waals surface area contributed by atoms with E-state index in [0.29, 0.717) is 22.7 Å². The number of rotatable bonds is 4. The third-order valence-corrected chi connectivity index (χ3v) is 4.88. The number of benzene rings is 1. The molecule has 0 aliphatic carbocycles. The van der Waals surface area contributed by atoms with E-state index in [1.54, 1.807) is 95.2 Å². The van der Waals surface area contributed by atoms with Crippen molar-refractivity contribution in [3.05, 3.63) is 12.1 Å². The van der Waals surface area contributed by atoms with Crippen LogP contribution in [0.25, 0.3) is 0 Å². The Balaban J connectivity index is 3.72. The lowest BCUT2D eigenvalue weighted by Crippen LogP contribution is -2.32. The summed E-state index contributed by atoms with van der Waals surface area (Å²) in [4.78, 5) is 51.1. The molecule has 0 aliphatic rings. The number of hydrogen-bond acceptors (Lipinski definition) is 4. The number of carbonyl (C=O) groups excluding carboxylic acids is 4. The number of nitrogens with one attached hydrogen (secondary N) is 4. The van der Waals surface area contributed by atoms with Crippen LogP contribution in [-0.4, -0.2) is 23.6 Å². The summed E-state index contributed by atoms with van der Waals surface area (Å²) < 4.78 is 0. The monoisotopic (exact) mass is 474 g/mol. The summed E-state index contributed by atoms with van der Waals surface area (Å²) in [6, 6.07) is 3.12. The number of amides is 4. The highest BCUT2D eigenvalue weighted by molar-refractivity contribution is 6.08. The quantitative estimate of drug-likeness (QED) is 0.453. The van der Waals surface area contributed by atoms with Gasteiger partial charge in [-0.25, -0.2) is 0 Å². The number of hydrogen-bond donors (Lipinski definition) is 4. The Bertz CT molecular complexity index is 814. The second-order valence-electron chi connectivity index (χ2n) is 12.8. The molecule has 1 aromatic carbocycles. The van der Waals surface area contributed by atoms with Crippen LogP contribution in [0.5, 0.6) is 0 Å². The lowest BCUT2D eigenvalue weighted by Gasteiger charge is -2.26. The highest BCUT2D eigenvalue weighted by atomic mass is 16.2. The van der Waals surface area contributed by atoms with Crippen LogP contribution in [0.15, 0.2) is 12.1 Å². The molecule has 190 valence electrons. The van der Waals surface area contributed by atoms with Crippen LogP contribution in [-0.2, 0) is 19.2 Å². The molecular weight excluding hydrogens is 432 g/mol. The minimum atomic E-state index is -0.695. The van der Waals surface area contributed by atoms with Gasteiger partial charge in [-0.1, -0.05) is 83.1 Å². The molecule has 4 amide bonds. The normalized spacial score (nSPS) is 12.6. The molecule has 1 aromatic rings. The van der Waals surface area contributed by atoms with Crippen molar-refractivity contribution in [3.8, 4) is 0 Å². The predicted molar refractivity (Wildman–Crippen MR) is 139 cm³/mol. The maximum Gasteiger partial charge on any atom is 0.229 e. The molecule has 0 saturated heterocycles. The van der Waals surface area contributed by atoms with Gasteiger partial charge in [0.1, 0.15) is 0 Å². The van der Waals surface area contributed by atoms with Crippen molar-refractivity contribution in [2.24, 2.45) is 21.7 Å². The molecule has 0 unspecified atom stereocenters. The lowest BCUT2D eigenvalue weighted by atomic mass is 9.94. The summed E-state index contributed by atoms with van der Waals surface area (Å²) in [5.74, 6) is -1.06. The van der Waals surface area contributed by atoms with Gasteiger partial charge in [-0.15, -0.1) is 0 Å². The Kier molecular flexibility index (Phi) is 8.36. The third-order valence-electron chi connectivity index (χ3n) is 4.88. The first-order chi connectivity index (χ1) is 15.0. The summed E-state index contributed by atoms with van der Waals surface area (Å²) in [6.07, 6.45) is 0. The molecule has 34 heavy (non-hydrogen) atoms. The summed E-state index contributed by atoms with van der Waals surface area (Å²) in [5.41, 5.74) is -1.52. The van der Waals surface area contributed by atoms with Crippen LogP contribution >= 0.6 is 0 Å². The van der Waals surface area contributed by atoms with E-state index in [9.17, 15) is 19.2 Å². The van der Waals surface area contributed by atoms with Crippen molar-refractivity contribution in [3.63, 3.8) is 0 Å². The number of anilines is 4. The van der Waals surface area contributed by atoms with Crippen LogP contribution in [0, 0.1) is 21.7 Å². The molecule has 0 saturated carbocycles. The standard InChI is InChI=1S/C26H42N4O4/c1-23(2,3)19(31)27-15-13-17(29-21(33)25(7,8)9)18(30-22(34)26(10,11)12)14-16(15)28-20(32)24(4,5)6/h13-14H,1-12H3,(H,27,31)(H,28,32)(H,29,33)(H,30,34). The van der Waals surface area contributed by atoms with Crippen molar-refractivity contribution in [2.75, 3.05) is 21.3 Å². The fraction of sp³-hybridized carbons (Fsp3) is 0.615. The highest BCUT2D eigenvalue weighted by Crippen LogP contribution is 2.37. The molecule has 0 heterocycles.